The second-order valence-corrected chi connectivity index (χ2v) is 5.40. The third-order valence-electron chi connectivity index (χ3n) is 4.03. The predicted molar refractivity (Wildman–Crippen MR) is 71.8 cm³/mol. The first-order chi connectivity index (χ1) is 9.80. The molecule has 1 aromatic carbocycles. The zero-order chi connectivity index (χ0) is 15.7. The number of halogens is 3. The van der Waals surface area contributed by atoms with E-state index in [9.17, 15) is 18.0 Å². The molecule has 0 radical (unpaired) electrons. The van der Waals surface area contributed by atoms with E-state index < -0.39 is 29.0 Å². The lowest BCUT2D eigenvalue weighted by atomic mass is 9.72. The molecule has 1 aliphatic rings. The van der Waals surface area contributed by atoms with Crippen LogP contribution in [0.4, 0.5) is 13.2 Å². The van der Waals surface area contributed by atoms with Crippen LogP contribution in [0.1, 0.15) is 25.0 Å². The SMILES string of the molecule is CCOC(=O)C1CNCC1(C)c1ccccc1C(F)(F)F. The fraction of sp³-hybridized carbons (Fsp3) is 0.533. The molecule has 1 aromatic rings. The fourth-order valence-electron chi connectivity index (χ4n) is 2.92. The number of benzene rings is 1. The maximum atomic E-state index is 13.2. The van der Waals surface area contributed by atoms with Crippen molar-refractivity contribution in [2.24, 2.45) is 5.92 Å². The average molecular weight is 301 g/mol. The van der Waals surface area contributed by atoms with Crippen molar-refractivity contribution in [1.82, 2.24) is 5.32 Å². The molecule has 0 amide bonds. The summed E-state index contributed by atoms with van der Waals surface area (Å²) < 4.78 is 44.6. The normalized spacial score (nSPS) is 25.9. The van der Waals surface area contributed by atoms with Crippen molar-refractivity contribution < 1.29 is 22.7 Å². The van der Waals surface area contributed by atoms with Crippen molar-refractivity contribution in [3.63, 3.8) is 0 Å². The highest BCUT2D eigenvalue weighted by Crippen LogP contribution is 2.42. The summed E-state index contributed by atoms with van der Waals surface area (Å²) in [6.07, 6.45) is -4.44. The lowest BCUT2D eigenvalue weighted by Gasteiger charge is -2.32. The van der Waals surface area contributed by atoms with Gasteiger partial charge in [-0.25, -0.2) is 0 Å². The van der Waals surface area contributed by atoms with Gasteiger partial charge in [-0.2, -0.15) is 13.2 Å². The smallest absolute Gasteiger partial charge is 0.416 e. The van der Waals surface area contributed by atoms with Crippen LogP contribution in [-0.4, -0.2) is 25.7 Å². The largest absolute Gasteiger partial charge is 0.466 e. The van der Waals surface area contributed by atoms with Gasteiger partial charge >= 0.3 is 12.1 Å². The number of esters is 1. The number of hydrogen-bond acceptors (Lipinski definition) is 3. The minimum atomic E-state index is -4.44. The second kappa shape index (κ2) is 5.67. The Kier molecular flexibility index (Phi) is 4.27. The molecule has 0 spiro atoms. The van der Waals surface area contributed by atoms with E-state index in [1.807, 2.05) is 0 Å². The number of carbonyl (C=O) groups excluding carboxylic acids is 1. The fourth-order valence-corrected chi connectivity index (χ4v) is 2.92. The number of alkyl halides is 3. The van der Waals surface area contributed by atoms with E-state index in [0.717, 1.165) is 6.07 Å². The van der Waals surface area contributed by atoms with Crippen LogP contribution in [-0.2, 0) is 21.1 Å². The number of rotatable bonds is 3. The molecule has 2 atom stereocenters. The molecule has 1 fully saturated rings. The van der Waals surface area contributed by atoms with Gasteiger partial charge in [0.25, 0.3) is 0 Å². The van der Waals surface area contributed by atoms with E-state index in [2.05, 4.69) is 5.32 Å². The third-order valence-corrected chi connectivity index (χ3v) is 4.03. The van der Waals surface area contributed by atoms with Crippen LogP contribution in [0.25, 0.3) is 0 Å². The van der Waals surface area contributed by atoms with E-state index >= 15 is 0 Å². The highest BCUT2D eigenvalue weighted by Gasteiger charge is 2.49. The summed E-state index contributed by atoms with van der Waals surface area (Å²) in [5.41, 5.74) is -1.48. The average Bonchev–Trinajstić information content (AvgIpc) is 2.81. The van der Waals surface area contributed by atoms with Crippen LogP contribution in [0.2, 0.25) is 0 Å². The molecule has 2 rings (SSSR count). The van der Waals surface area contributed by atoms with Crippen LogP contribution in [0.3, 0.4) is 0 Å². The van der Waals surface area contributed by atoms with Gasteiger partial charge in [0.2, 0.25) is 0 Å². The lowest BCUT2D eigenvalue weighted by molar-refractivity contribution is -0.150. The molecule has 2 unspecified atom stereocenters. The van der Waals surface area contributed by atoms with Crippen molar-refractivity contribution in [3.05, 3.63) is 35.4 Å². The zero-order valence-electron chi connectivity index (χ0n) is 12.0. The molecule has 1 N–H and O–H groups in total. The van der Waals surface area contributed by atoms with Gasteiger partial charge in [-0.3, -0.25) is 4.79 Å². The van der Waals surface area contributed by atoms with Crippen molar-refractivity contribution in [2.75, 3.05) is 19.7 Å². The van der Waals surface area contributed by atoms with E-state index in [1.165, 1.54) is 12.1 Å². The second-order valence-electron chi connectivity index (χ2n) is 5.40. The van der Waals surface area contributed by atoms with Crippen LogP contribution >= 0.6 is 0 Å². The van der Waals surface area contributed by atoms with Crippen LogP contribution in [0.15, 0.2) is 24.3 Å². The molecule has 1 heterocycles. The Labute approximate surface area is 121 Å². The molecule has 0 saturated carbocycles. The van der Waals surface area contributed by atoms with Crippen LogP contribution < -0.4 is 5.32 Å². The van der Waals surface area contributed by atoms with Gasteiger partial charge in [-0.1, -0.05) is 25.1 Å². The van der Waals surface area contributed by atoms with Crippen molar-refractivity contribution in [3.8, 4) is 0 Å². The maximum absolute atomic E-state index is 13.2. The van der Waals surface area contributed by atoms with Gasteiger partial charge in [0.15, 0.2) is 0 Å². The molecular formula is C15H18F3NO2. The zero-order valence-corrected chi connectivity index (χ0v) is 12.0. The minimum Gasteiger partial charge on any atom is -0.466 e. The summed E-state index contributed by atoms with van der Waals surface area (Å²) in [6, 6.07) is 5.43. The molecule has 0 bridgehead atoms. The summed E-state index contributed by atoms with van der Waals surface area (Å²) in [7, 11) is 0. The van der Waals surface area contributed by atoms with Gasteiger partial charge in [0.05, 0.1) is 18.1 Å². The molecular weight excluding hydrogens is 283 g/mol. The maximum Gasteiger partial charge on any atom is 0.416 e. The highest BCUT2D eigenvalue weighted by atomic mass is 19.4. The molecule has 0 aliphatic carbocycles. The summed E-state index contributed by atoms with van der Waals surface area (Å²) in [5, 5.41) is 3.01. The first kappa shape index (κ1) is 15.8. The Bertz CT molecular complexity index is 530. The molecule has 21 heavy (non-hydrogen) atoms. The molecule has 3 nitrogen and oxygen atoms in total. The Morgan fingerprint density at radius 2 is 2.10 bits per heavy atom. The van der Waals surface area contributed by atoms with E-state index in [-0.39, 0.29) is 12.2 Å². The monoisotopic (exact) mass is 301 g/mol. The molecule has 1 aliphatic heterocycles. The minimum absolute atomic E-state index is 0.139. The van der Waals surface area contributed by atoms with Gasteiger partial charge in [0, 0.05) is 18.5 Å². The summed E-state index contributed by atoms with van der Waals surface area (Å²) in [4.78, 5) is 12.1. The quantitative estimate of drug-likeness (QED) is 0.873. The number of carbonyl (C=O) groups is 1. The van der Waals surface area contributed by atoms with E-state index in [1.54, 1.807) is 19.9 Å². The molecule has 0 aromatic heterocycles. The highest BCUT2D eigenvalue weighted by molar-refractivity contribution is 5.76. The van der Waals surface area contributed by atoms with E-state index in [4.69, 9.17) is 4.74 Å². The Morgan fingerprint density at radius 3 is 2.71 bits per heavy atom. The van der Waals surface area contributed by atoms with Gasteiger partial charge < -0.3 is 10.1 Å². The summed E-state index contributed by atoms with van der Waals surface area (Å²) in [5.74, 6) is -1.08. The molecule has 1 saturated heterocycles. The Morgan fingerprint density at radius 1 is 1.43 bits per heavy atom. The Balaban J connectivity index is 2.46. The number of nitrogens with one attached hydrogen (secondary N) is 1. The van der Waals surface area contributed by atoms with Crippen LogP contribution in [0, 0.1) is 5.92 Å². The lowest BCUT2D eigenvalue weighted by Crippen LogP contribution is -2.39. The first-order valence-electron chi connectivity index (χ1n) is 6.84. The summed E-state index contributed by atoms with van der Waals surface area (Å²) in [6.45, 7) is 4.21. The third kappa shape index (κ3) is 2.90. The predicted octanol–water partition coefficient (Wildman–Crippen LogP) is 2.75. The Hall–Kier alpha value is -1.56. The van der Waals surface area contributed by atoms with Gasteiger partial charge in [-0.15, -0.1) is 0 Å². The first-order valence-corrected chi connectivity index (χ1v) is 6.84. The van der Waals surface area contributed by atoms with Gasteiger partial charge in [0.1, 0.15) is 0 Å². The topological polar surface area (TPSA) is 38.3 Å². The number of hydrogen-bond donors (Lipinski definition) is 1. The standard InChI is InChI=1S/C15H18F3NO2/c1-3-21-13(20)12-8-19-9-14(12,2)10-6-4-5-7-11(10)15(16,17)18/h4-7,12,19H,3,8-9H2,1-2H3. The number of ether oxygens (including phenoxy) is 1. The summed E-state index contributed by atoms with van der Waals surface area (Å²) >= 11 is 0. The van der Waals surface area contributed by atoms with Crippen molar-refractivity contribution in [2.45, 2.75) is 25.4 Å². The van der Waals surface area contributed by atoms with Crippen molar-refractivity contribution in [1.29, 1.82) is 0 Å². The van der Waals surface area contributed by atoms with Gasteiger partial charge in [-0.05, 0) is 18.6 Å². The molecule has 116 valence electrons. The van der Waals surface area contributed by atoms with Crippen LogP contribution in [0.5, 0.6) is 0 Å². The van der Waals surface area contributed by atoms with E-state index in [0.29, 0.717) is 13.1 Å². The molecule has 6 heteroatoms. The van der Waals surface area contributed by atoms with Crippen molar-refractivity contribution >= 4 is 5.97 Å².